The van der Waals surface area contributed by atoms with Crippen LogP contribution in [0.4, 0.5) is 0 Å². The van der Waals surface area contributed by atoms with Gasteiger partial charge in [-0.05, 0) is 6.08 Å². The van der Waals surface area contributed by atoms with Gasteiger partial charge in [-0.1, -0.05) is 0 Å². The summed E-state index contributed by atoms with van der Waals surface area (Å²) in [7, 11) is 0. The number of rotatable bonds is 0. The van der Waals surface area contributed by atoms with E-state index in [-0.39, 0.29) is 5.78 Å². The summed E-state index contributed by atoms with van der Waals surface area (Å²) >= 11 is 0. The maximum absolute atomic E-state index is 10.7. The van der Waals surface area contributed by atoms with Crippen molar-refractivity contribution in [3.8, 4) is 0 Å². The molecule has 0 saturated heterocycles. The van der Waals surface area contributed by atoms with Gasteiger partial charge in [0.05, 0.1) is 17.6 Å². The Bertz CT molecular complexity index is 308. The zero-order chi connectivity index (χ0) is 6.97. The Kier molecular flexibility index (Phi) is 0.917. The zero-order valence-electron chi connectivity index (χ0n) is 5.11. The highest BCUT2D eigenvalue weighted by atomic mass is 16.1. The second-order valence-corrected chi connectivity index (χ2v) is 2.02. The monoisotopic (exact) mass is 132 g/mol. The molecular formula is C7H4N2O. The van der Waals surface area contributed by atoms with Gasteiger partial charge >= 0.3 is 0 Å². The molecule has 0 radical (unpaired) electrons. The topological polar surface area (TPSA) is 41.8 Å². The molecule has 0 N–H and O–H groups in total. The number of hydrogen-bond donors (Lipinski definition) is 0. The Morgan fingerprint density at radius 2 is 2.10 bits per heavy atom. The quantitative estimate of drug-likeness (QED) is 0.473. The van der Waals surface area contributed by atoms with Crippen molar-refractivity contribution in [1.82, 2.24) is 0 Å². The minimum atomic E-state index is -0.0915. The molecule has 2 aliphatic rings. The van der Waals surface area contributed by atoms with Crippen LogP contribution in [0, 0.1) is 0 Å². The fourth-order valence-corrected chi connectivity index (χ4v) is 0.865. The Hall–Kier alpha value is -1.51. The van der Waals surface area contributed by atoms with E-state index in [2.05, 4.69) is 9.98 Å². The minimum absolute atomic E-state index is 0.0915. The maximum atomic E-state index is 10.7. The zero-order valence-corrected chi connectivity index (χ0v) is 5.11. The third-order valence-corrected chi connectivity index (χ3v) is 1.32. The van der Waals surface area contributed by atoms with E-state index in [9.17, 15) is 4.79 Å². The molecular weight excluding hydrogens is 128 g/mol. The number of allylic oxidation sites excluding steroid dienone is 2. The van der Waals surface area contributed by atoms with Gasteiger partial charge in [0.2, 0.25) is 0 Å². The first-order valence-electron chi connectivity index (χ1n) is 2.91. The van der Waals surface area contributed by atoms with Gasteiger partial charge in [0.1, 0.15) is 0 Å². The van der Waals surface area contributed by atoms with E-state index in [0.717, 1.165) is 5.70 Å². The van der Waals surface area contributed by atoms with E-state index in [4.69, 9.17) is 0 Å². The number of dihydropyridines is 1. The third-order valence-electron chi connectivity index (χ3n) is 1.32. The molecule has 2 rings (SSSR count). The van der Waals surface area contributed by atoms with E-state index in [1.807, 2.05) is 0 Å². The van der Waals surface area contributed by atoms with Crippen molar-refractivity contribution in [2.45, 2.75) is 0 Å². The van der Waals surface area contributed by atoms with Gasteiger partial charge in [-0.2, -0.15) is 0 Å². The van der Waals surface area contributed by atoms with Gasteiger partial charge in [-0.15, -0.1) is 0 Å². The average molecular weight is 132 g/mol. The molecule has 0 aliphatic carbocycles. The van der Waals surface area contributed by atoms with Crippen molar-refractivity contribution in [1.29, 1.82) is 0 Å². The van der Waals surface area contributed by atoms with Crippen molar-refractivity contribution in [2.24, 2.45) is 9.98 Å². The maximum Gasteiger partial charge on any atom is 0.199 e. The van der Waals surface area contributed by atoms with E-state index in [1.54, 1.807) is 12.3 Å². The van der Waals surface area contributed by atoms with Crippen molar-refractivity contribution < 1.29 is 4.79 Å². The standard InChI is InChI=1S/C7H4N2O/c10-5-3-7-6(9-4-5)1-2-8-7/h1-4H. The Morgan fingerprint density at radius 3 is 3.00 bits per heavy atom. The molecule has 0 saturated carbocycles. The fourth-order valence-electron chi connectivity index (χ4n) is 0.865. The van der Waals surface area contributed by atoms with Crippen molar-refractivity contribution in [3.63, 3.8) is 0 Å². The lowest BCUT2D eigenvalue weighted by Gasteiger charge is -1.99. The van der Waals surface area contributed by atoms with Crippen LogP contribution in [0.5, 0.6) is 0 Å². The molecule has 3 nitrogen and oxygen atoms in total. The van der Waals surface area contributed by atoms with E-state index >= 15 is 0 Å². The van der Waals surface area contributed by atoms with Crippen molar-refractivity contribution in [3.05, 3.63) is 23.5 Å². The van der Waals surface area contributed by atoms with Gasteiger partial charge in [0.15, 0.2) is 5.78 Å². The number of fused-ring (bicyclic) bond motifs is 1. The Labute approximate surface area is 57.5 Å². The summed E-state index contributed by atoms with van der Waals surface area (Å²) in [6.45, 7) is 0. The Morgan fingerprint density at radius 1 is 1.20 bits per heavy atom. The van der Waals surface area contributed by atoms with Gasteiger partial charge in [-0.25, -0.2) is 0 Å². The summed E-state index contributed by atoms with van der Waals surface area (Å²) in [5, 5.41) is 0. The smallest absolute Gasteiger partial charge is 0.199 e. The van der Waals surface area contributed by atoms with Crippen LogP contribution >= 0.6 is 0 Å². The molecule has 0 unspecified atom stereocenters. The van der Waals surface area contributed by atoms with Crippen LogP contribution in [-0.2, 0) is 4.79 Å². The average Bonchev–Trinajstić information content (AvgIpc) is 2.33. The van der Waals surface area contributed by atoms with Crippen LogP contribution < -0.4 is 0 Å². The van der Waals surface area contributed by atoms with Crippen molar-refractivity contribution in [2.75, 3.05) is 0 Å². The minimum Gasteiger partial charge on any atom is -0.288 e. The second-order valence-electron chi connectivity index (χ2n) is 2.02. The highest BCUT2D eigenvalue weighted by Crippen LogP contribution is 2.18. The molecule has 3 heteroatoms. The first-order chi connectivity index (χ1) is 4.86. The second kappa shape index (κ2) is 1.73. The number of nitrogens with zero attached hydrogens (tertiary/aromatic N) is 2. The lowest BCUT2D eigenvalue weighted by molar-refractivity contribution is -0.108. The molecule has 0 aromatic rings. The number of carbonyl (C=O) groups excluding carboxylic acids is 1. The lowest BCUT2D eigenvalue weighted by Crippen LogP contribution is -2.01. The molecule has 2 aliphatic heterocycles. The van der Waals surface area contributed by atoms with E-state index in [0.29, 0.717) is 5.70 Å². The molecule has 10 heavy (non-hydrogen) atoms. The first-order valence-corrected chi connectivity index (χ1v) is 2.91. The van der Waals surface area contributed by atoms with Crippen LogP contribution in [0.1, 0.15) is 0 Å². The highest BCUT2D eigenvalue weighted by Gasteiger charge is 2.11. The molecule has 0 spiro atoms. The molecule has 0 bridgehead atoms. The summed E-state index contributed by atoms with van der Waals surface area (Å²) in [4.78, 5) is 18.5. The van der Waals surface area contributed by atoms with Gasteiger partial charge in [0, 0.05) is 12.3 Å². The lowest BCUT2D eigenvalue weighted by atomic mass is 10.2. The third kappa shape index (κ3) is 0.639. The number of hydrogen-bond acceptors (Lipinski definition) is 3. The normalized spacial score (nSPS) is 20.6. The van der Waals surface area contributed by atoms with E-state index < -0.39 is 0 Å². The van der Waals surface area contributed by atoms with Crippen LogP contribution in [0.15, 0.2) is 33.5 Å². The fraction of sp³-hybridized carbons (Fsp3) is 0. The summed E-state index contributed by atoms with van der Waals surface area (Å²) < 4.78 is 0. The van der Waals surface area contributed by atoms with Crippen molar-refractivity contribution >= 4 is 18.2 Å². The Balaban J connectivity index is 2.51. The first kappa shape index (κ1) is 5.29. The molecule has 0 amide bonds. The van der Waals surface area contributed by atoms with Crippen LogP contribution in [-0.4, -0.2) is 18.2 Å². The van der Waals surface area contributed by atoms with Gasteiger partial charge in [-0.3, -0.25) is 14.8 Å². The molecule has 2 heterocycles. The number of aliphatic imine (C=N–C) groups is 2. The number of carbonyl (C=O) groups is 1. The SMILES string of the molecule is O=C1C=NC2=CC=NC2=C1. The predicted molar refractivity (Wildman–Crippen MR) is 38.2 cm³/mol. The summed E-state index contributed by atoms with van der Waals surface area (Å²) in [5.41, 5.74) is 1.45. The number of ketones is 1. The summed E-state index contributed by atoms with van der Waals surface area (Å²) in [6, 6.07) is 0. The van der Waals surface area contributed by atoms with Gasteiger partial charge < -0.3 is 0 Å². The van der Waals surface area contributed by atoms with Crippen LogP contribution in [0.25, 0.3) is 0 Å². The molecule has 0 fully saturated rings. The summed E-state index contributed by atoms with van der Waals surface area (Å²) in [6.07, 6.45) is 6.18. The molecule has 48 valence electrons. The van der Waals surface area contributed by atoms with Crippen LogP contribution in [0.2, 0.25) is 0 Å². The highest BCUT2D eigenvalue weighted by molar-refractivity contribution is 6.34. The molecule has 0 aromatic heterocycles. The summed E-state index contributed by atoms with van der Waals surface area (Å²) in [5.74, 6) is -0.0915. The van der Waals surface area contributed by atoms with Gasteiger partial charge in [0.25, 0.3) is 0 Å². The largest absolute Gasteiger partial charge is 0.288 e. The van der Waals surface area contributed by atoms with E-state index in [1.165, 1.54) is 12.3 Å². The molecule has 0 atom stereocenters. The molecule has 0 aromatic carbocycles. The van der Waals surface area contributed by atoms with Crippen LogP contribution in [0.3, 0.4) is 0 Å². The predicted octanol–water partition coefficient (Wildman–Crippen LogP) is 0.492.